The van der Waals surface area contributed by atoms with E-state index in [0.29, 0.717) is 21.4 Å². The lowest BCUT2D eigenvalue weighted by Gasteiger charge is -2.00. The first-order valence-corrected chi connectivity index (χ1v) is 9.07. The number of carbonyl (C=O) groups is 1. The van der Waals surface area contributed by atoms with Crippen molar-refractivity contribution < 1.29 is 4.79 Å². The lowest BCUT2D eigenvalue weighted by molar-refractivity contribution is -0.113. The lowest BCUT2D eigenvalue weighted by Crippen LogP contribution is -2.15. The van der Waals surface area contributed by atoms with E-state index in [1.165, 1.54) is 17.4 Å². The van der Waals surface area contributed by atoms with Gasteiger partial charge in [-0.05, 0) is 35.9 Å². The van der Waals surface area contributed by atoms with Gasteiger partial charge in [0, 0.05) is 22.7 Å². The average Bonchev–Trinajstić information content (AvgIpc) is 2.91. The normalized spacial score (nSPS) is 12.2. The Morgan fingerprint density at radius 2 is 2.04 bits per heavy atom. The van der Waals surface area contributed by atoms with Gasteiger partial charge in [-0.2, -0.15) is 4.99 Å². The zero-order valence-electron chi connectivity index (χ0n) is 13.2. The quantitative estimate of drug-likeness (QED) is 0.438. The van der Waals surface area contributed by atoms with Gasteiger partial charge >= 0.3 is 0 Å². The molecule has 2 aromatic carbocycles. The number of rotatable bonds is 4. The second-order valence-corrected chi connectivity index (χ2v) is 7.05. The van der Waals surface area contributed by atoms with E-state index in [4.69, 9.17) is 23.2 Å². The highest BCUT2D eigenvalue weighted by Crippen LogP contribution is 2.22. The molecule has 0 aliphatic rings. The fraction of sp³-hybridized carbons (Fsp3) is 0.0526. The Kier molecular flexibility index (Phi) is 5.53. The van der Waals surface area contributed by atoms with Crippen LogP contribution in [0.4, 0.5) is 0 Å². The number of carbonyl (C=O) groups excluding carboxylic acids is 1. The van der Waals surface area contributed by atoms with Gasteiger partial charge in [-0.15, -0.1) is 6.58 Å². The van der Waals surface area contributed by atoms with Crippen LogP contribution in [0.3, 0.4) is 0 Å². The van der Waals surface area contributed by atoms with Crippen molar-refractivity contribution in [1.29, 1.82) is 0 Å². The summed E-state index contributed by atoms with van der Waals surface area (Å²) >= 11 is 13.5. The van der Waals surface area contributed by atoms with Crippen LogP contribution in [0.5, 0.6) is 0 Å². The lowest BCUT2D eigenvalue weighted by atomic mass is 10.2. The molecule has 0 aliphatic carbocycles. The first-order chi connectivity index (χ1) is 12.1. The summed E-state index contributed by atoms with van der Waals surface area (Å²) in [6.45, 7) is 4.33. The van der Waals surface area contributed by atoms with Crippen molar-refractivity contribution in [3.05, 3.63) is 81.6 Å². The predicted molar refractivity (Wildman–Crippen MR) is 106 cm³/mol. The molecule has 0 fully saturated rings. The summed E-state index contributed by atoms with van der Waals surface area (Å²) in [7, 11) is 0. The van der Waals surface area contributed by atoms with Crippen LogP contribution in [0.1, 0.15) is 5.56 Å². The van der Waals surface area contributed by atoms with Crippen molar-refractivity contribution in [3.63, 3.8) is 0 Å². The molecule has 0 N–H and O–H groups in total. The molecule has 0 spiro atoms. The van der Waals surface area contributed by atoms with Gasteiger partial charge in [0.1, 0.15) is 0 Å². The summed E-state index contributed by atoms with van der Waals surface area (Å²) in [6.07, 6.45) is 4.84. The maximum absolute atomic E-state index is 12.2. The van der Waals surface area contributed by atoms with Crippen LogP contribution in [-0.4, -0.2) is 10.5 Å². The molecule has 0 bridgehead atoms. The Balaban J connectivity index is 1.99. The van der Waals surface area contributed by atoms with Gasteiger partial charge in [0.15, 0.2) is 4.80 Å². The van der Waals surface area contributed by atoms with Gasteiger partial charge in [0.05, 0.1) is 10.2 Å². The number of hydrogen-bond acceptors (Lipinski definition) is 2. The molecule has 3 nitrogen and oxygen atoms in total. The molecule has 0 saturated heterocycles. The number of aromatic nitrogens is 1. The van der Waals surface area contributed by atoms with Crippen LogP contribution in [0.15, 0.2) is 66.2 Å². The van der Waals surface area contributed by atoms with Gasteiger partial charge in [-0.1, -0.05) is 58.8 Å². The summed E-state index contributed by atoms with van der Waals surface area (Å²) in [6, 6.07) is 12.9. The molecule has 0 atom stereocenters. The molecule has 6 heteroatoms. The van der Waals surface area contributed by atoms with Gasteiger partial charge in [-0.3, -0.25) is 4.79 Å². The van der Waals surface area contributed by atoms with Crippen LogP contribution < -0.4 is 4.80 Å². The molecular weight excluding hydrogens is 375 g/mol. The third-order valence-electron chi connectivity index (χ3n) is 3.47. The number of allylic oxidation sites excluding steroid dienone is 1. The monoisotopic (exact) mass is 388 g/mol. The van der Waals surface area contributed by atoms with Gasteiger partial charge < -0.3 is 4.57 Å². The number of amides is 1. The maximum atomic E-state index is 12.2. The van der Waals surface area contributed by atoms with Crippen molar-refractivity contribution in [3.8, 4) is 0 Å². The standard InChI is InChI=1S/C19H14Cl2N2OS/c1-2-11-23-16-9-8-14(20)12-17(16)25-19(23)22-18(24)10-7-13-5-3-4-6-15(13)21/h2-10,12H,1,11H2. The Hall–Kier alpha value is -2.14. The van der Waals surface area contributed by atoms with Crippen molar-refractivity contribution in [2.24, 2.45) is 4.99 Å². The highest BCUT2D eigenvalue weighted by Gasteiger charge is 2.07. The summed E-state index contributed by atoms with van der Waals surface area (Å²) in [5, 5.41) is 1.24. The summed E-state index contributed by atoms with van der Waals surface area (Å²) in [4.78, 5) is 17.1. The number of benzene rings is 2. The molecule has 0 unspecified atom stereocenters. The summed E-state index contributed by atoms with van der Waals surface area (Å²) < 4.78 is 2.90. The Bertz CT molecular complexity index is 1050. The predicted octanol–water partition coefficient (Wildman–Crippen LogP) is 5.34. The molecule has 1 aromatic heterocycles. The van der Waals surface area contributed by atoms with E-state index in [-0.39, 0.29) is 5.91 Å². The number of hydrogen-bond donors (Lipinski definition) is 0. The van der Waals surface area contributed by atoms with Crippen LogP contribution in [0, 0.1) is 0 Å². The molecule has 25 heavy (non-hydrogen) atoms. The number of fused-ring (bicyclic) bond motifs is 1. The van der Waals surface area contributed by atoms with E-state index >= 15 is 0 Å². The SMILES string of the molecule is C=CCn1c(=NC(=O)C=Cc2ccccc2Cl)sc2cc(Cl)ccc21. The minimum Gasteiger partial charge on any atom is -0.312 e. The fourth-order valence-electron chi connectivity index (χ4n) is 2.34. The van der Waals surface area contributed by atoms with E-state index < -0.39 is 0 Å². The molecule has 126 valence electrons. The molecule has 0 saturated carbocycles. The molecule has 0 radical (unpaired) electrons. The number of nitrogens with zero attached hydrogens (tertiary/aromatic N) is 2. The molecular formula is C19H14Cl2N2OS. The summed E-state index contributed by atoms with van der Waals surface area (Å²) in [5.41, 5.74) is 1.74. The maximum Gasteiger partial charge on any atom is 0.272 e. The second kappa shape index (κ2) is 7.83. The van der Waals surface area contributed by atoms with E-state index in [0.717, 1.165) is 15.8 Å². The third kappa shape index (κ3) is 4.10. The Morgan fingerprint density at radius 3 is 2.80 bits per heavy atom. The van der Waals surface area contributed by atoms with Gasteiger partial charge in [-0.25, -0.2) is 0 Å². The van der Waals surface area contributed by atoms with Crippen LogP contribution in [0.25, 0.3) is 16.3 Å². The van der Waals surface area contributed by atoms with Gasteiger partial charge in [0.2, 0.25) is 0 Å². The molecule has 1 heterocycles. The Labute approximate surface area is 159 Å². The van der Waals surface area contributed by atoms with Crippen LogP contribution in [0.2, 0.25) is 10.0 Å². The third-order valence-corrected chi connectivity index (χ3v) is 5.09. The van der Waals surface area contributed by atoms with E-state index in [1.807, 2.05) is 41.0 Å². The molecule has 3 aromatic rings. The minimum absolute atomic E-state index is 0.351. The van der Waals surface area contributed by atoms with Crippen molar-refractivity contribution in [1.82, 2.24) is 4.57 Å². The summed E-state index contributed by atoms with van der Waals surface area (Å²) in [5.74, 6) is -0.351. The highest BCUT2D eigenvalue weighted by atomic mass is 35.5. The number of halogens is 2. The van der Waals surface area contributed by atoms with E-state index in [2.05, 4.69) is 11.6 Å². The van der Waals surface area contributed by atoms with Gasteiger partial charge in [0.25, 0.3) is 5.91 Å². The van der Waals surface area contributed by atoms with Crippen molar-refractivity contribution in [2.45, 2.75) is 6.54 Å². The highest BCUT2D eigenvalue weighted by molar-refractivity contribution is 7.16. The Morgan fingerprint density at radius 1 is 1.24 bits per heavy atom. The first kappa shape index (κ1) is 17.7. The first-order valence-electron chi connectivity index (χ1n) is 7.49. The zero-order chi connectivity index (χ0) is 17.8. The van der Waals surface area contributed by atoms with Crippen LogP contribution in [-0.2, 0) is 11.3 Å². The second-order valence-electron chi connectivity index (χ2n) is 5.20. The van der Waals surface area contributed by atoms with Crippen molar-refractivity contribution >= 4 is 56.7 Å². The molecule has 1 amide bonds. The fourth-order valence-corrected chi connectivity index (χ4v) is 3.86. The topological polar surface area (TPSA) is 34.4 Å². The van der Waals surface area contributed by atoms with E-state index in [1.54, 1.807) is 18.2 Å². The number of thiazole rings is 1. The largest absolute Gasteiger partial charge is 0.312 e. The molecule has 3 rings (SSSR count). The zero-order valence-corrected chi connectivity index (χ0v) is 15.5. The van der Waals surface area contributed by atoms with Crippen molar-refractivity contribution in [2.75, 3.05) is 0 Å². The minimum atomic E-state index is -0.351. The smallest absolute Gasteiger partial charge is 0.272 e. The average molecular weight is 389 g/mol. The molecule has 0 aliphatic heterocycles. The van der Waals surface area contributed by atoms with E-state index in [9.17, 15) is 4.79 Å². The van der Waals surface area contributed by atoms with Crippen LogP contribution >= 0.6 is 34.5 Å².